The lowest BCUT2D eigenvalue weighted by atomic mass is 10.0. The summed E-state index contributed by atoms with van der Waals surface area (Å²) in [5.41, 5.74) is -0.688. The fourth-order valence-electron chi connectivity index (χ4n) is 2.25. The van der Waals surface area contributed by atoms with Gasteiger partial charge in [-0.15, -0.1) is 0 Å². The van der Waals surface area contributed by atoms with Gasteiger partial charge in [-0.1, -0.05) is 11.8 Å². The van der Waals surface area contributed by atoms with Crippen molar-refractivity contribution >= 4 is 23.4 Å². The summed E-state index contributed by atoms with van der Waals surface area (Å²) in [7, 11) is 1.50. The second-order valence-corrected chi connectivity index (χ2v) is 5.96. The number of rotatable bonds is 4. The van der Waals surface area contributed by atoms with Crippen LogP contribution in [-0.4, -0.2) is 68.1 Å². The molecule has 0 saturated carbocycles. The van der Waals surface area contributed by atoms with Crippen molar-refractivity contribution in [2.24, 2.45) is 7.05 Å². The van der Waals surface area contributed by atoms with Crippen LogP contribution in [0.5, 0.6) is 0 Å². The smallest absolute Gasteiger partial charge is 0.266 e. The molecule has 1 saturated heterocycles. The molecule has 0 radical (unpaired) electrons. The molecule has 4 atom stereocenters. The molecule has 23 heavy (non-hydrogen) atoms. The quantitative estimate of drug-likeness (QED) is 0.294. The first-order valence-electron chi connectivity index (χ1n) is 6.86. The van der Waals surface area contributed by atoms with E-state index < -0.39 is 35.9 Å². The number of aliphatic hydroxyl groups is 3. The molecule has 0 amide bonds. The van der Waals surface area contributed by atoms with Gasteiger partial charge in [0.05, 0.1) is 6.61 Å². The van der Waals surface area contributed by atoms with Gasteiger partial charge in [0.15, 0.2) is 17.2 Å². The third kappa shape index (κ3) is 3.40. The van der Waals surface area contributed by atoms with E-state index in [0.717, 1.165) is 0 Å². The van der Waals surface area contributed by atoms with Gasteiger partial charge >= 0.3 is 0 Å². The summed E-state index contributed by atoms with van der Waals surface area (Å²) < 4.78 is 6.47. The Morgan fingerprint density at radius 3 is 2.61 bits per heavy atom. The van der Waals surface area contributed by atoms with Crippen molar-refractivity contribution in [3.05, 3.63) is 15.9 Å². The fourth-order valence-corrected chi connectivity index (χ4v) is 2.79. The molecular formula is C13H19N3O6S. The fraction of sp³-hybridized carbons (Fsp3) is 0.615. The maximum atomic E-state index is 12.3. The number of aliphatic hydroxyl groups excluding tert-OH is 3. The third-order valence-corrected chi connectivity index (χ3v) is 4.29. The van der Waals surface area contributed by atoms with Crippen LogP contribution < -0.4 is 10.9 Å². The van der Waals surface area contributed by atoms with Crippen LogP contribution in [0.25, 0.3) is 0 Å². The van der Waals surface area contributed by atoms with E-state index in [0.29, 0.717) is 5.16 Å². The Kier molecular flexibility index (Phi) is 5.42. The highest BCUT2D eigenvalue weighted by Crippen LogP contribution is 2.21. The summed E-state index contributed by atoms with van der Waals surface area (Å²) in [6, 6.07) is 0. The van der Waals surface area contributed by atoms with E-state index in [1.807, 2.05) is 0 Å². The van der Waals surface area contributed by atoms with Crippen molar-refractivity contribution in [1.29, 1.82) is 0 Å². The lowest BCUT2D eigenvalue weighted by Crippen LogP contribution is -2.55. The monoisotopic (exact) mass is 345 g/mol. The van der Waals surface area contributed by atoms with E-state index in [-0.39, 0.29) is 18.0 Å². The Labute approximate surface area is 136 Å². The highest BCUT2D eigenvalue weighted by atomic mass is 32.2. The summed E-state index contributed by atoms with van der Waals surface area (Å²) in [6.45, 7) is 1.03. The highest BCUT2D eigenvalue weighted by molar-refractivity contribution is 7.98. The highest BCUT2D eigenvalue weighted by Gasteiger charge is 2.38. The first kappa shape index (κ1) is 17.9. The van der Waals surface area contributed by atoms with Gasteiger partial charge in [-0.05, 0) is 13.2 Å². The summed E-state index contributed by atoms with van der Waals surface area (Å²) >= 11 is 1.22. The van der Waals surface area contributed by atoms with Gasteiger partial charge in [0.2, 0.25) is 0 Å². The second kappa shape index (κ2) is 6.97. The van der Waals surface area contributed by atoms with E-state index in [4.69, 9.17) is 4.74 Å². The molecule has 1 aromatic rings. The van der Waals surface area contributed by atoms with Crippen LogP contribution in [0, 0.1) is 0 Å². The number of nitrogens with one attached hydrogen (secondary N) is 1. The minimum Gasteiger partial charge on any atom is -0.388 e. The van der Waals surface area contributed by atoms with Gasteiger partial charge in [-0.3, -0.25) is 14.2 Å². The van der Waals surface area contributed by atoms with Crippen LogP contribution >= 0.6 is 11.8 Å². The third-order valence-electron chi connectivity index (χ3n) is 3.56. The number of thioether (sulfide) groups is 1. The summed E-state index contributed by atoms with van der Waals surface area (Å²) in [5, 5.41) is 32.1. The van der Waals surface area contributed by atoms with E-state index in [2.05, 4.69) is 10.3 Å². The number of ketones is 1. The number of carbonyl (C=O) groups excluding carboxylic acids is 1. The predicted molar refractivity (Wildman–Crippen MR) is 82.6 cm³/mol. The maximum absolute atomic E-state index is 12.3. The van der Waals surface area contributed by atoms with Gasteiger partial charge < -0.3 is 25.4 Å². The molecule has 0 aliphatic carbocycles. The first-order chi connectivity index (χ1) is 10.8. The van der Waals surface area contributed by atoms with Crippen LogP contribution in [0.3, 0.4) is 0 Å². The first-order valence-corrected chi connectivity index (χ1v) is 8.08. The second-order valence-electron chi connectivity index (χ2n) is 5.19. The Bertz CT molecular complexity index is 664. The average Bonchev–Trinajstić information content (AvgIpc) is 2.50. The van der Waals surface area contributed by atoms with E-state index in [1.165, 1.54) is 30.3 Å². The number of anilines is 1. The average molecular weight is 345 g/mol. The zero-order chi connectivity index (χ0) is 17.3. The van der Waals surface area contributed by atoms with Crippen LogP contribution in [0.15, 0.2) is 9.95 Å². The number of ether oxygens (including phenoxy) is 1. The van der Waals surface area contributed by atoms with Crippen molar-refractivity contribution < 1.29 is 24.9 Å². The standard InChI is InChI=1S/C13H19N3O6S/c1-5(17)7-10(15-13(23-3)16(2)12(7)21)14-11-9(20)8(19)6(18)4-22-11/h6,8-9,11,14,18-20H,4H2,1-3H3/t6-,8-,9+,11+/m1/s1. The van der Waals surface area contributed by atoms with Gasteiger partial charge in [-0.2, -0.15) is 0 Å². The molecule has 1 aromatic heterocycles. The molecule has 1 fully saturated rings. The Morgan fingerprint density at radius 2 is 2.04 bits per heavy atom. The van der Waals surface area contributed by atoms with Crippen molar-refractivity contribution in [3.8, 4) is 0 Å². The number of Topliss-reactive ketones (excluding diaryl/α,β-unsaturated/α-hetero) is 1. The minimum absolute atomic E-state index is 0.0300. The number of hydrogen-bond donors (Lipinski definition) is 4. The SMILES string of the molecule is CSc1nc(N[C@H]2OC[C@@H](O)[C@@H](O)[C@@H]2O)c(C(C)=O)c(=O)n1C. The molecule has 0 unspecified atom stereocenters. The zero-order valence-corrected chi connectivity index (χ0v) is 13.7. The molecule has 9 nitrogen and oxygen atoms in total. The summed E-state index contributed by atoms with van der Waals surface area (Å²) in [4.78, 5) is 28.3. The van der Waals surface area contributed by atoms with Gasteiger partial charge in [0.1, 0.15) is 29.7 Å². The zero-order valence-electron chi connectivity index (χ0n) is 12.9. The molecule has 4 N–H and O–H groups in total. The molecule has 10 heteroatoms. The van der Waals surface area contributed by atoms with Crippen LogP contribution in [-0.2, 0) is 11.8 Å². The lowest BCUT2D eigenvalue weighted by Gasteiger charge is -2.35. The van der Waals surface area contributed by atoms with E-state index in [9.17, 15) is 24.9 Å². The number of aromatic nitrogens is 2. The molecule has 0 aromatic carbocycles. The minimum atomic E-state index is -1.44. The Balaban J connectivity index is 2.41. The number of nitrogens with zero attached hydrogens (tertiary/aromatic N) is 2. The topological polar surface area (TPSA) is 134 Å². The maximum Gasteiger partial charge on any atom is 0.266 e. The molecule has 128 valence electrons. The van der Waals surface area contributed by atoms with Crippen molar-refractivity contribution in [1.82, 2.24) is 9.55 Å². The van der Waals surface area contributed by atoms with E-state index in [1.54, 1.807) is 6.26 Å². The largest absolute Gasteiger partial charge is 0.388 e. The molecule has 2 rings (SSSR count). The van der Waals surface area contributed by atoms with Gasteiger partial charge in [0, 0.05) is 7.05 Å². The van der Waals surface area contributed by atoms with Gasteiger partial charge in [-0.25, -0.2) is 4.98 Å². The molecule has 1 aliphatic rings. The number of carbonyl (C=O) groups is 1. The normalized spacial score (nSPS) is 27.7. The molecule has 2 heterocycles. The van der Waals surface area contributed by atoms with Crippen molar-refractivity contribution in [3.63, 3.8) is 0 Å². The number of hydrogen-bond acceptors (Lipinski definition) is 9. The Hall–Kier alpha value is -1.46. The molecule has 1 aliphatic heterocycles. The van der Waals surface area contributed by atoms with Crippen molar-refractivity contribution in [2.75, 3.05) is 18.2 Å². The summed E-state index contributed by atoms with van der Waals surface area (Å²) in [6.07, 6.45) is -3.45. The molecule has 0 bridgehead atoms. The lowest BCUT2D eigenvalue weighted by molar-refractivity contribution is -0.178. The summed E-state index contributed by atoms with van der Waals surface area (Å²) in [5.74, 6) is -0.517. The van der Waals surface area contributed by atoms with Crippen LogP contribution in [0.2, 0.25) is 0 Å². The van der Waals surface area contributed by atoms with Crippen molar-refractivity contribution in [2.45, 2.75) is 36.6 Å². The van der Waals surface area contributed by atoms with Gasteiger partial charge in [0.25, 0.3) is 5.56 Å². The van der Waals surface area contributed by atoms with E-state index >= 15 is 0 Å². The molecule has 0 spiro atoms. The Morgan fingerprint density at radius 1 is 1.39 bits per heavy atom. The van der Waals surface area contributed by atoms with Crippen LogP contribution in [0.4, 0.5) is 5.82 Å². The van der Waals surface area contributed by atoms with Crippen LogP contribution in [0.1, 0.15) is 17.3 Å². The molecular weight excluding hydrogens is 326 g/mol. The predicted octanol–water partition coefficient (Wildman–Crippen LogP) is -1.44.